The second-order valence-electron chi connectivity index (χ2n) is 4.62. The van der Waals surface area contributed by atoms with E-state index in [4.69, 9.17) is 5.73 Å². The molecule has 2 heterocycles. The minimum Gasteiger partial charge on any atom is -0.368 e. The minimum atomic E-state index is -5.07. The van der Waals surface area contributed by atoms with E-state index in [1.54, 1.807) is 0 Å². The largest absolute Gasteiger partial charge is 0.420 e. The maximum absolute atomic E-state index is 12.9. The van der Waals surface area contributed by atoms with Gasteiger partial charge in [-0.05, 0) is 13.0 Å². The van der Waals surface area contributed by atoms with Crippen LogP contribution in [0.1, 0.15) is 18.1 Å². The Labute approximate surface area is 124 Å². The molecule has 23 heavy (non-hydrogen) atoms. The molecule has 0 aliphatic carbocycles. The zero-order valence-electron chi connectivity index (χ0n) is 11.3. The molecule has 0 fully saturated rings. The molecular formula is C11H9F6N5O. The SMILES string of the molecule is C[C@@H](Nc1nnc2c(C(F)(F)F)cc(C(F)(F)F)cn12)C(N)=O. The van der Waals surface area contributed by atoms with E-state index in [2.05, 4.69) is 15.5 Å². The average molecular weight is 341 g/mol. The highest BCUT2D eigenvalue weighted by molar-refractivity contribution is 5.82. The lowest BCUT2D eigenvalue weighted by Gasteiger charge is -2.14. The van der Waals surface area contributed by atoms with Crippen molar-refractivity contribution in [3.63, 3.8) is 0 Å². The van der Waals surface area contributed by atoms with Crippen LogP contribution in [0.3, 0.4) is 0 Å². The number of primary amides is 1. The Hall–Kier alpha value is -2.53. The number of nitrogens with one attached hydrogen (secondary N) is 1. The van der Waals surface area contributed by atoms with E-state index >= 15 is 0 Å². The summed E-state index contributed by atoms with van der Waals surface area (Å²) < 4.78 is 77.7. The molecule has 0 spiro atoms. The van der Waals surface area contributed by atoms with E-state index in [0.717, 1.165) is 0 Å². The van der Waals surface area contributed by atoms with Crippen molar-refractivity contribution in [3.05, 3.63) is 23.4 Å². The first-order valence-electron chi connectivity index (χ1n) is 6.00. The second kappa shape index (κ2) is 5.28. The molecule has 2 aromatic heterocycles. The van der Waals surface area contributed by atoms with Crippen LogP contribution in [-0.2, 0) is 17.1 Å². The Kier molecular flexibility index (Phi) is 3.86. The first-order chi connectivity index (χ1) is 10.4. The van der Waals surface area contributed by atoms with Gasteiger partial charge in [-0.2, -0.15) is 26.3 Å². The summed E-state index contributed by atoms with van der Waals surface area (Å²) in [6.07, 6.45) is -9.67. The van der Waals surface area contributed by atoms with Crippen LogP contribution in [0.4, 0.5) is 32.3 Å². The van der Waals surface area contributed by atoms with E-state index in [1.165, 1.54) is 6.92 Å². The summed E-state index contributed by atoms with van der Waals surface area (Å²) in [6.45, 7) is 1.27. The highest BCUT2D eigenvalue weighted by Gasteiger charge is 2.39. The Morgan fingerprint density at radius 2 is 1.83 bits per heavy atom. The number of anilines is 1. The number of rotatable bonds is 3. The van der Waals surface area contributed by atoms with E-state index in [9.17, 15) is 31.1 Å². The number of pyridine rings is 1. The normalized spacial score (nSPS) is 14.0. The van der Waals surface area contributed by atoms with E-state index in [0.29, 0.717) is 10.6 Å². The highest BCUT2D eigenvalue weighted by Crippen LogP contribution is 2.37. The van der Waals surface area contributed by atoms with E-state index in [1.807, 2.05) is 0 Å². The molecular weight excluding hydrogens is 332 g/mol. The number of hydrogen-bond donors (Lipinski definition) is 2. The van der Waals surface area contributed by atoms with Crippen LogP contribution in [0, 0.1) is 0 Å². The molecule has 0 unspecified atom stereocenters. The molecule has 3 N–H and O–H groups in total. The van der Waals surface area contributed by atoms with E-state index < -0.39 is 47.0 Å². The van der Waals surface area contributed by atoms with Crippen LogP contribution in [0.5, 0.6) is 0 Å². The lowest BCUT2D eigenvalue weighted by Crippen LogP contribution is -2.33. The van der Waals surface area contributed by atoms with Crippen LogP contribution in [0.2, 0.25) is 0 Å². The minimum absolute atomic E-state index is 0.0503. The van der Waals surface area contributed by atoms with Gasteiger partial charge in [-0.15, -0.1) is 10.2 Å². The predicted octanol–water partition coefficient (Wildman–Crippen LogP) is 2.05. The summed E-state index contributed by atoms with van der Waals surface area (Å²) >= 11 is 0. The molecule has 0 saturated heterocycles. The maximum Gasteiger partial charge on any atom is 0.420 e. The Morgan fingerprint density at radius 1 is 1.22 bits per heavy atom. The van der Waals surface area contributed by atoms with Crippen molar-refractivity contribution >= 4 is 17.5 Å². The first kappa shape index (κ1) is 16.8. The van der Waals surface area contributed by atoms with Gasteiger partial charge in [-0.3, -0.25) is 9.20 Å². The lowest BCUT2D eigenvalue weighted by molar-refractivity contribution is -0.142. The summed E-state index contributed by atoms with van der Waals surface area (Å²) in [5, 5.41) is 8.88. The topological polar surface area (TPSA) is 85.3 Å². The van der Waals surface area contributed by atoms with Gasteiger partial charge in [0.25, 0.3) is 0 Å². The number of carbonyl (C=O) groups excluding carboxylic acids is 1. The number of amides is 1. The van der Waals surface area contributed by atoms with Gasteiger partial charge in [0.1, 0.15) is 11.6 Å². The van der Waals surface area contributed by atoms with Gasteiger partial charge in [0.2, 0.25) is 11.9 Å². The Bertz CT molecular complexity index is 750. The third-order valence-electron chi connectivity index (χ3n) is 2.91. The lowest BCUT2D eigenvalue weighted by atomic mass is 10.2. The van der Waals surface area contributed by atoms with Crippen molar-refractivity contribution in [3.8, 4) is 0 Å². The van der Waals surface area contributed by atoms with Crippen molar-refractivity contribution < 1.29 is 31.1 Å². The smallest absolute Gasteiger partial charge is 0.368 e. The number of aromatic nitrogens is 3. The Morgan fingerprint density at radius 3 is 2.30 bits per heavy atom. The predicted molar refractivity (Wildman–Crippen MR) is 65.3 cm³/mol. The van der Waals surface area contributed by atoms with Crippen LogP contribution < -0.4 is 11.1 Å². The molecule has 126 valence electrons. The summed E-state index contributed by atoms with van der Waals surface area (Å²) in [6, 6.07) is -1.13. The van der Waals surface area contributed by atoms with Crippen molar-refractivity contribution in [1.29, 1.82) is 0 Å². The quantitative estimate of drug-likeness (QED) is 0.837. The number of hydrogen-bond acceptors (Lipinski definition) is 4. The molecule has 1 atom stereocenters. The summed E-state index contributed by atoms with van der Waals surface area (Å²) in [7, 11) is 0. The van der Waals surface area contributed by atoms with Crippen LogP contribution >= 0.6 is 0 Å². The van der Waals surface area contributed by atoms with Gasteiger partial charge >= 0.3 is 12.4 Å². The molecule has 0 saturated carbocycles. The van der Waals surface area contributed by atoms with E-state index in [-0.39, 0.29) is 6.07 Å². The van der Waals surface area contributed by atoms with Crippen LogP contribution in [-0.4, -0.2) is 26.5 Å². The molecule has 0 aliphatic heterocycles. The number of nitrogens with zero attached hydrogens (tertiary/aromatic N) is 3. The highest BCUT2D eigenvalue weighted by atomic mass is 19.4. The number of fused-ring (bicyclic) bond motifs is 1. The molecule has 2 aromatic rings. The van der Waals surface area contributed by atoms with Gasteiger partial charge in [0.05, 0.1) is 5.56 Å². The second-order valence-corrected chi connectivity index (χ2v) is 4.62. The van der Waals surface area contributed by atoms with Crippen LogP contribution in [0.25, 0.3) is 5.65 Å². The van der Waals surface area contributed by atoms with Crippen molar-refractivity contribution in [1.82, 2.24) is 14.6 Å². The van der Waals surface area contributed by atoms with Crippen molar-refractivity contribution in [2.45, 2.75) is 25.3 Å². The zero-order valence-corrected chi connectivity index (χ0v) is 11.3. The standard InChI is InChI=1S/C11H9F6N5O/c1-4(7(18)23)19-9-21-20-8-6(11(15,16)17)2-5(3-22(8)9)10(12,13)14/h2-4H,1H3,(H2,18,23)(H,19,21)/t4-/m1/s1. The third-order valence-corrected chi connectivity index (χ3v) is 2.91. The summed E-state index contributed by atoms with van der Waals surface area (Å²) in [4.78, 5) is 11.0. The molecule has 2 rings (SSSR count). The first-order valence-corrected chi connectivity index (χ1v) is 6.00. The fourth-order valence-corrected chi connectivity index (χ4v) is 1.72. The number of carbonyl (C=O) groups is 1. The zero-order chi connectivity index (χ0) is 17.6. The molecule has 1 amide bonds. The fourth-order valence-electron chi connectivity index (χ4n) is 1.72. The number of alkyl halides is 6. The number of nitrogens with two attached hydrogens (primary N) is 1. The molecule has 0 radical (unpaired) electrons. The van der Waals surface area contributed by atoms with Crippen molar-refractivity contribution in [2.24, 2.45) is 5.73 Å². The molecule has 6 nitrogen and oxygen atoms in total. The molecule has 0 aliphatic rings. The molecule has 12 heteroatoms. The van der Waals surface area contributed by atoms with Gasteiger partial charge in [-0.1, -0.05) is 0 Å². The average Bonchev–Trinajstić information content (AvgIpc) is 2.78. The maximum atomic E-state index is 12.9. The monoisotopic (exact) mass is 341 g/mol. The Balaban J connectivity index is 2.68. The number of halogens is 6. The van der Waals surface area contributed by atoms with Crippen molar-refractivity contribution in [2.75, 3.05) is 5.32 Å². The third kappa shape index (κ3) is 3.29. The van der Waals surface area contributed by atoms with Gasteiger partial charge in [-0.25, -0.2) is 0 Å². The summed E-state index contributed by atoms with van der Waals surface area (Å²) in [5.74, 6) is -1.34. The summed E-state index contributed by atoms with van der Waals surface area (Å²) in [5.41, 5.74) is 1.01. The van der Waals surface area contributed by atoms with Gasteiger partial charge in [0, 0.05) is 6.20 Å². The fraction of sp³-hybridized carbons (Fsp3) is 0.364. The van der Waals surface area contributed by atoms with Crippen LogP contribution in [0.15, 0.2) is 12.3 Å². The molecule has 0 bridgehead atoms. The van der Waals surface area contributed by atoms with Gasteiger partial charge < -0.3 is 11.1 Å². The van der Waals surface area contributed by atoms with Gasteiger partial charge in [0.15, 0.2) is 5.65 Å². The molecule has 0 aromatic carbocycles.